The van der Waals surface area contributed by atoms with Crippen molar-refractivity contribution < 1.29 is 4.79 Å². The van der Waals surface area contributed by atoms with Crippen LogP contribution in [-0.2, 0) is 4.79 Å². The van der Waals surface area contributed by atoms with E-state index >= 15 is 0 Å². The second-order valence-corrected chi connectivity index (χ2v) is 9.17. The van der Waals surface area contributed by atoms with E-state index in [4.69, 9.17) is 0 Å². The van der Waals surface area contributed by atoms with Gasteiger partial charge in [-0.2, -0.15) is 0 Å². The second-order valence-electron chi connectivity index (χ2n) is 9.17. The lowest BCUT2D eigenvalue weighted by atomic mass is 9.43. The molecule has 0 radical (unpaired) electrons. The van der Waals surface area contributed by atoms with Crippen molar-refractivity contribution in [2.24, 2.45) is 34.5 Å². The molecule has 0 aromatic heterocycles. The molecule has 4 saturated carbocycles. The molecular weight excluding hydrogens is 256 g/mol. The Balaban J connectivity index is 1.65. The molecule has 4 aliphatic rings. The molecule has 0 spiro atoms. The zero-order valence-electron chi connectivity index (χ0n) is 14.0. The normalized spacial score (nSPS) is 53.5. The van der Waals surface area contributed by atoms with E-state index in [1.54, 1.807) is 0 Å². The van der Waals surface area contributed by atoms with Crippen LogP contribution in [0, 0.1) is 34.5 Å². The van der Waals surface area contributed by atoms with E-state index in [2.05, 4.69) is 13.8 Å². The zero-order chi connectivity index (χ0) is 14.7. The van der Waals surface area contributed by atoms with Crippen molar-refractivity contribution in [2.45, 2.75) is 84.5 Å². The molecule has 0 aliphatic heterocycles. The fourth-order valence-electron chi connectivity index (χ4n) is 7.26. The van der Waals surface area contributed by atoms with Crippen LogP contribution in [-0.4, -0.2) is 5.78 Å². The Bertz CT molecular complexity index is 441. The summed E-state index contributed by atoms with van der Waals surface area (Å²) in [6.45, 7) is 4.95. The smallest absolute Gasteiger partial charge is 0.139 e. The summed E-state index contributed by atoms with van der Waals surface area (Å²) in [7, 11) is 0. The van der Waals surface area contributed by atoms with Crippen LogP contribution >= 0.6 is 0 Å². The van der Waals surface area contributed by atoms with E-state index in [-0.39, 0.29) is 5.41 Å². The maximum atomic E-state index is 12.6. The third kappa shape index (κ3) is 1.91. The molecular formula is C20H32O. The maximum absolute atomic E-state index is 12.6. The molecule has 118 valence electrons. The van der Waals surface area contributed by atoms with Gasteiger partial charge in [0.15, 0.2) is 0 Å². The van der Waals surface area contributed by atoms with Crippen molar-refractivity contribution in [2.75, 3.05) is 0 Å². The number of carbonyl (C=O) groups is 1. The summed E-state index contributed by atoms with van der Waals surface area (Å²) in [6.07, 6.45) is 14.7. The van der Waals surface area contributed by atoms with Crippen LogP contribution in [0.3, 0.4) is 0 Å². The predicted octanol–water partition coefficient (Wildman–Crippen LogP) is 5.38. The molecule has 6 atom stereocenters. The van der Waals surface area contributed by atoms with Crippen molar-refractivity contribution in [1.82, 2.24) is 0 Å². The molecule has 0 aromatic rings. The van der Waals surface area contributed by atoms with E-state index in [1.165, 1.54) is 64.2 Å². The van der Waals surface area contributed by atoms with Crippen molar-refractivity contribution in [3.05, 3.63) is 0 Å². The SMILES string of the molecule is C[C@]12CCCC[C@@H]1CC[C@@H]1[C@@H]2CC[C@]2(C)C(=O)CCC[C@@H]12. The molecule has 0 amide bonds. The Labute approximate surface area is 130 Å². The lowest BCUT2D eigenvalue weighted by Crippen LogP contribution is -2.55. The minimum absolute atomic E-state index is 0.0529. The lowest BCUT2D eigenvalue weighted by Gasteiger charge is -2.61. The highest BCUT2D eigenvalue weighted by Gasteiger charge is 2.58. The number of carbonyl (C=O) groups excluding carboxylic acids is 1. The van der Waals surface area contributed by atoms with Gasteiger partial charge in [0.2, 0.25) is 0 Å². The Kier molecular flexibility index (Phi) is 3.28. The Morgan fingerprint density at radius 3 is 2.57 bits per heavy atom. The van der Waals surface area contributed by atoms with Gasteiger partial charge in [0.05, 0.1) is 0 Å². The molecule has 1 nitrogen and oxygen atoms in total. The zero-order valence-corrected chi connectivity index (χ0v) is 14.0. The first kappa shape index (κ1) is 14.3. The van der Waals surface area contributed by atoms with Gasteiger partial charge in [-0.25, -0.2) is 0 Å². The van der Waals surface area contributed by atoms with Gasteiger partial charge in [-0.3, -0.25) is 4.79 Å². The molecule has 4 aliphatic carbocycles. The van der Waals surface area contributed by atoms with Gasteiger partial charge < -0.3 is 0 Å². The van der Waals surface area contributed by atoms with E-state index in [1.807, 2.05) is 0 Å². The average molecular weight is 288 g/mol. The molecule has 0 heterocycles. The third-order valence-corrected chi connectivity index (χ3v) is 8.53. The van der Waals surface area contributed by atoms with Crippen molar-refractivity contribution in [3.8, 4) is 0 Å². The molecule has 0 N–H and O–H groups in total. The highest BCUT2D eigenvalue weighted by molar-refractivity contribution is 5.85. The van der Waals surface area contributed by atoms with Crippen LogP contribution in [0.5, 0.6) is 0 Å². The fourth-order valence-corrected chi connectivity index (χ4v) is 7.26. The number of rotatable bonds is 0. The maximum Gasteiger partial charge on any atom is 0.139 e. The monoisotopic (exact) mass is 288 g/mol. The van der Waals surface area contributed by atoms with Crippen LogP contribution in [0.25, 0.3) is 0 Å². The minimum atomic E-state index is 0.0529. The Morgan fingerprint density at radius 1 is 0.857 bits per heavy atom. The van der Waals surface area contributed by atoms with Crippen LogP contribution < -0.4 is 0 Å². The number of fused-ring (bicyclic) bond motifs is 5. The summed E-state index contributed by atoms with van der Waals surface area (Å²) in [5, 5.41) is 0. The molecule has 21 heavy (non-hydrogen) atoms. The number of ketones is 1. The highest BCUT2D eigenvalue weighted by atomic mass is 16.1. The molecule has 4 rings (SSSR count). The lowest BCUT2D eigenvalue weighted by molar-refractivity contribution is -0.154. The molecule has 0 unspecified atom stereocenters. The van der Waals surface area contributed by atoms with Gasteiger partial charge >= 0.3 is 0 Å². The molecule has 4 fully saturated rings. The summed E-state index contributed by atoms with van der Waals surface area (Å²) < 4.78 is 0. The van der Waals surface area contributed by atoms with Crippen LogP contribution in [0.4, 0.5) is 0 Å². The van der Waals surface area contributed by atoms with Gasteiger partial charge in [0, 0.05) is 11.8 Å². The molecule has 0 saturated heterocycles. The fraction of sp³-hybridized carbons (Fsp3) is 0.950. The number of hydrogen-bond donors (Lipinski definition) is 0. The van der Waals surface area contributed by atoms with Gasteiger partial charge in [0.25, 0.3) is 0 Å². The van der Waals surface area contributed by atoms with Crippen LogP contribution in [0.1, 0.15) is 84.5 Å². The minimum Gasteiger partial charge on any atom is -0.299 e. The van der Waals surface area contributed by atoms with Crippen molar-refractivity contribution in [1.29, 1.82) is 0 Å². The van der Waals surface area contributed by atoms with E-state index < -0.39 is 0 Å². The summed E-state index contributed by atoms with van der Waals surface area (Å²) in [6, 6.07) is 0. The third-order valence-electron chi connectivity index (χ3n) is 8.53. The van der Waals surface area contributed by atoms with Gasteiger partial charge in [-0.1, -0.05) is 26.7 Å². The quantitative estimate of drug-likeness (QED) is 0.585. The van der Waals surface area contributed by atoms with Crippen LogP contribution in [0.15, 0.2) is 0 Å². The van der Waals surface area contributed by atoms with Crippen LogP contribution in [0.2, 0.25) is 0 Å². The first-order chi connectivity index (χ1) is 10.1. The average Bonchev–Trinajstić information content (AvgIpc) is 2.47. The Morgan fingerprint density at radius 2 is 1.71 bits per heavy atom. The number of hydrogen-bond acceptors (Lipinski definition) is 1. The molecule has 1 heteroatoms. The molecule has 0 bridgehead atoms. The van der Waals surface area contributed by atoms with E-state index in [9.17, 15) is 4.79 Å². The van der Waals surface area contributed by atoms with E-state index in [0.717, 1.165) is 30.1 Å². The largest absolute Gasteiger partial charge is 0.299 e. The summed E-state index contributed by atoms with van der Waals surface area (Å²) in [4.78, 5) is 12.6. The second kappa shape index (κ2) is 4.83. The first-order valence-electron chi connectivity index (χ1n) is 9.59. The standard InChI is InChI=1S/C20H32O/c1-19-12-4-3-6-14(19)9-10-15-16-7-5-8-18(21)20(16,2)13-11-17(15)19/h14-17H,3-13H2,1-2H3/t14-,15+,16+,17+,19+,20+/m1/s1. The van der Waals surface area contributed by atoms with Crippen molar-refractivity contribution in [3.63, 3.8) is 0 Å². The summed E-state index contributed by atoms with van der Waals surface area (Å²) in [5.74, 6) is 4.12. The van der Waals surface area contributed by atoms with Gasteiger partial charge in [-0.05, 0) is 80.5 Å². The topological polar surface area (TPSA) is 17.1 Å². The number of Topliss-reactive ketones (excluding diaryl/α,β-unsaturated/α-hetero) is 1. The predicted molar refractivity (Wildman–Crippen MR) is 86.0 cm³/mol. The van der Waals surface area contributed by atoms with Gasteiger partial charge in [-0.15, -0.1) is 0 Å². The summed E-state index contributed by atoms with van der Waals surface area (Å²) >= 11 is 0. The van der Waals surface area contributed by atoms with E-state index in [0.29, 0.717) is 11.2 Å². The summed E-state index contributed by atoms with van der Waals surface area (Å²) in [5.41, 5.74) is 0.667. The Hall–Kier alpha value is -0.330. The first-order valence-corrected chi connectivity index (χ1v) is 9.59. The van der Waals surface area contributed by atoms with Crippen molar-refractivity contribution >= 4 is 5.78 Å². The highest BCUT2D eigenvalue weighted by Crippen LogP contribution is 2.64. The molecule has 0 aromatic carbocycles. The van der Waals surface area contributed by atoms with Gasteiger partial charge in [0.1, 0.15) is 5.78 Å².